The average molecular weight is 384 g/mol. The van der Waals surface area contributed by atoms with E-state index in [4.69, 9.17) is 14.3 Å². The van der Waals surface area contributed by atoms with Crippen LogP contribution in [0.1, 0.15) is 10.6 Å². The predicted molar refractivity (Wildman–Crippen MR) is 95.0 cm³/mol. The summed E-state index contributed by atoms with van der Waals surface area (Å²) in [5.74, 6) is -4.55. The molecule has 0 radical (unpaired) electrons. The molecule has 0 fully saturated rings. The van der Waals surface area contributed by atoms with E-state index in [0.29, 0.717) is 28.0 Å². The highest BCUT2D eigenvalue weighted by Gasteiger charge is 2.15. The van der Waals surface area contributed by atoms with Crippen LogP contribution < -0.4 is 4.74 Å². The number of furan rings is 1. The molecule has 7 heteroatoms. The van der Waals surface area contributed by atoms with Crippen LogP contribution in [-0.2, 0) is 0 Å². The second-order valence-electron chi connectivity index (χ2n) is 5.96. The molecule has 0 amide bonds. The van der Waals surface area contributed by atoms with Gasteiger partial charge in [-0.3, -0.25) is 0 Å². The molecule has 0 aliphatic rings. The first-order valence-corrected chi connectivity index (χ1v) is 8.11. The van der Waals surface area contributed by atoms with Gasteiger partial charge in [0.25, 0.3) is 0 Å². The molecule has 0 saturated carbocycles. The summed E-state index contributed by atoms with van der Waals surface area (Å²) >= 11 is 0. The first-order valence-electron chi connectivity index (χ1n) is 8.11. The molecule has 0 aliphatic carbocycles. The number of carboxylic acid groups (broad SMARTS) is 1. The quantitative estimate of drug-likeness (QED) is 0.438. The molecular weight excluding hydrogens is 373 g/mol. The summed E-state index contributed by atoms with van der Waals surface area (Å²) in [5, 5.41) is 9.59. The lowest BCUT2D eigenvalue weighted by Crippen LogP contribution is -1.94. The Balaban J connectivity index is 1.59. The van der Waals surface area contributed by atoms with Gasteiger partial charge in [-0.25, -0.2) is 18.0 Å². The number of halogens is 3. The van der Waals surface area contributed by atoms with Gasteiger partial charge < -0.3 is 14.3 Å². The second-order valence-corrected chi connectivity index (χ2v) is 5.96. The van der Waals surface area contributed by atoms with E-state index in [2.05, 4.69) is 0 Å². The third-order valence-electron chi connectivity index (χ3n) is 4.14. The van der Waals surface area contributed by atoms with Crippen molar-refractivity contribution in [3.05, 3.63) is 83.9 Å². The van der Waals surface area contributed by atoms with Crippen molar-refractivity contribution in [3.8, 4) is 22.6 Å². The maximum Gasteiger partial charge on any atom is 0.371 e. The highest BCUT2D eigenvalue weighted by atomic mass is 19.2. The van der Waals surface area contributed by atoms with E-state index >= 15 is 0 Å². The first-order chi connectivity index (χ1) is 13.4. The Kier molecular flexibility index (Phi) is 4.27. The fourth-order valence-electron chi connectivity index (χ4n) is 2.77. The van der Waals surface area contributed by atoms with Gasteiger partial charge in [0.05, 0.1) is 0 Å². The Bertz CT molecular complexity index is 1200. The zero-order valence-corrected chi connectivity index (χ0v) is 14.1. The maximum atomic E-state index is 13.9. The van der Waals surface area contributed by atoms with Crippen molar-refractivity contribution < 1.29 is 32.2 Å². The number of hydrogen-bond donors (Lipinski definition) is 1. The number of ether oxygens (including phenoxy) is 1. The Morgan fingerprint density at radius 1 is 0.857 bits per heavy atom. The molecule has 1 aromatic heterocycles. The molecule has 1 heterocycles. The van der Waals surface area contributed by atoms with Crippen LogP contribution in [0.4, 0.5) is 13.2 Å². The van der Waals surface area contributed by atoms with Crippen LogP contribution in [0.15, 0.2) is 65.1 Å². The van der Waals surface area contributed by atoms with Crippen LogP contribution in [-0.4, -0.2) is 11.1 Å². The maximum absolute atomic E-state index is 13.9. The molecule has 0 spiro atoms. The lowest BCUT2D eigenvalue weighted by Gasteiger charge is -2.08. The van der Waals surface area contributed by atoms with Gasteiger partial charge in [-0.2, -0.15) is 0 Å². The zero-order valence-electron chi connectivity index (χ0n) is 14.1. The first kappa shape index (κ1) is 17.7. The van der Waals surface area contributed by atoms with E-state index in [0.717, 1.165) is 12.1 Å². The topological polar surface area (TPSA) is 59.7 Å². The summed E-state index contributed by atoms with van der Waals surface area (Å²) in [6, 6.07) is 14.4. The number of aromatic carboxylic acids is 1. The van der Waals surface area contributed by atoms with Crippen molar-refractivity contribution in [3.63, 3.8) is 0 Å². The highest BCUT2D eigenvalue weighted by molar-refractivity contribution is 5.91. The number of carboxylic acids is 1. The number of rotatable bonds is 4. The van der Waals surface area contributed by atoms with Gasteiger partial charge >= 0.3 is 5.97 Å². The van der Waals surface area contributed by atoms with Crippen molar-refractivity contribution in [2.75, 3.05) is 0 Å². The van der Waals surface area contributed by atoms with E-state index in [1.165, 1.54) is 18.2 Å². The van der Waals surface area contributed by atoms with Crippen molar-refractivity contribution in [1.29, 1.82) is 0 Å². The molecule has 28 heavy (non-hydrogen) atoms. The van der Waals surface area contributed by atoms with Gasteiger partial charge in [-0.1, -0.05) is 12.1 Å². The minimum absolute atomic E-state index is 0.0661. The molecule has 0 unspecified atom stereocenters. The SMILES string of the molecule is O=C(O)c1cc2ccc(Oc3ccc(-c4ccc(F)c(F)c4F)cc3)cc2o1. The Morgan fingerprint density at radius 3 is 2.29 bits per heavy atom. The molecule has 3 aromatic carbocycles. The largest absolute Gasteiger partial charge is 0.475 e. The fourth-order valence-corrected chi connectivity index (χ4v) is 2.77. The summed E-state index contributed by atoms with van der Waals surface area (Å²) in [6.45, 7) is 0. The van der Waals surface area contributed by atoms with Gasteiger partial charge in [-0.15, -0.1) is 0 Å². The lowest BCUT2D eigenvalue weighted by molar-refractivity contribution is 0.0665. The Morgan fingerprint density at radius 2 is 1.57 bits per heavy atom. The predicted octanol–water partition coefficient (Wildman–Crippen LogP) is 6.01. The number of fused-ring (bicyclic) bond motifs is 1. The molecular formula is C21H11F3O4. The minimum Gasteiger partial charge on any atom is -0.475 e. The lowest BCUT2D eigenvalue weighted by atomic mass is 10.0. The van der Waals surface area contributed by atoms with E-state index in [1.54, 1.807) is 30.3 Å². The number of hydrogen-bond acceptors (Lipinski definition) is 3. The number of benzene rings is 3. The van der Waals surface area contributed by atoms with Crippen LogP contribution in [0, 0.1) is 17.5 Å². The van der Waals surface area contributed by atoms with Gasteiger partial charge in [0.1, 0.15) is 17.1 Å². The van der Waals surface area contributed by atoms with Gasteiger partial charge in [0, 0.05) is 17.0 Å². The Hall–Kier alpha value is -3.74. The summed E-state index contributed by atoms with van der Waals surface area (Å²) in [4.78, 5) is 11.0. The molecule has 1 N–H and O–H groups in total. The summed E-state index contributed by atoms with van der Waals surface area (Å²) in [6.07, 6.45) is 0. The molecule has 4 aromatic rings. The van der Waals surface area contributed by atoms with Gasteiger partial charge in [0.15, 0.2) is 17.5 Å². The normalized spacial score (nSPS) is 11.0. The summed E-state index contributed by atoms with van der Waals surface area (Å²) < 4.78 is 51.3. The fraction of sp³-hybridized carbons (Fsp3) is 0. The molecule has 0 bridgehead atoms. The van der Waals surface area contributed by atoms with E-state index in [-0.39, 0.29) is 11.3 Å². The Labute approximate surface area is 156 Å². The molecule has 0 aliphatic heterocycles. The monoisotopic (exact) mass is 384 g/mol. The minimum atomic E-state index is -1.52. The van der Waals surface area contributed by atoms with Crippen molar-refractivity contribution in [2.45, 2.75) is 0 Å². The van der Waals surface area contributed by atoms with Crippen molar-refractivity contribution in [1.82, 2.24) is 0 Å². The van der Waals surface area contributed by atoms with Crippen LogP contribution in [0.5, 0.6) is 11.5 Å². The van der Waals surface area contributed by atoms with Gasteiger partial charge in [0.2, 0.25) is 5.76 Å². The third kappa shape index (κ3) is 3.18. The molecule has 4 rings (SSSR count). The summed E-state index contributed by atoms with van der Waals surface area (Å²) in [5.41, 5.74) is 0.648. The van der Waals surface area contributed by atoms with E-state index < -0.39 is 23.4 Å². The smallest absolute Gasteiger partial charge is 0.371 e. The van der Waals surface area contributed by atoms with E-state index in [1.807, 2.05) is 0 Å². The molecule has 140 valence electrons. The molecule has 4 nitrogen and oxygen atoms in total. The highest BCUT2D eigenvalue weighted by Crippen LogP contribution is 2.31. The average Bonchev–Trinajstić information content (AvgIpc) is 3.11. The zero-order chi connectivity index (χ0) is 19.8. The van der Waals surface area contributed by atoms with Crippen LogP contribution in [0.25, 0.3) is 22.1 Å². The van der Waals surface area contributed by atoms with Crippen LogP contribution in [0.3, 0.4) is 0 Å². The second kappa shape index (κ2) is 6.77. The van der Waals surface area contributed by atoms with Crippen molar-refractivity contribution in [2.24, 2.45) is 0 Å². The van der Waals surface area contributed by atoms with Crippen molar-refractivity contribution >= 4 is 16.9 Å². The third-order valence-corrected chi connectivity index (χ3v) is 4.14. The number of carbonyl (C=O) groups is 1. The summed E-state index contributed by atoms with van der Waals surface area (Å²) in [7, 11) is 0. The van der Waals surface area contributed by atoms with Gasteiger partial charge in [-0.05, 0) is 48.0 Å². The van der Waals surface area contributed by atoms with Crippen LogP contribution in [0.2, 0.25) is 0 Å². The molecule has 0 saturated heterocycles. The standard InChI is InChI=1S/C21H11F3O4/c22-16-8-7-15(19(23)20(16)24)11-1-4-13(5-2-11)27-14-6-3-12-9-18(21(25)26)28-17(12)10-14/h1-10H,(H,25,26). The van der Waals surface area contributed by atoms with E-state index in [9.17, 15) is 18.0 Å². The van der Waals surface area contributed by atoms with Crippen LogP contribution >= 0.6 is 0 Å². The molecule has 0 atom stereocenters.